The number of rotatable bonds is 4. The Hall–Kier alpha value is -2.60. The van der Waals surface area contributed by atoms with Crippen LogP contribution in [0.15, 0.2) is 42.6 Å². The minimum absolute atomic E-state index is 0.223. The standard InChI is InChI=1S/C18H22N4O2/c1-21-8-10-22(11-9-21)15-6-7-19-17(13-15)18(23)20-14-4-3-5-16(12-14)24-2/h3-7,12-13H,8-11H2,1-2H3,(H,20,23). The maximum absolute atomic E-state index is 12.5. The van der Waals surface area contributed by atoms with Gasteiger partial charge in [-0.15, -0.1) is 0 Å². The van der Waals surface area contributed by atoms with Gasteiger partial charge < -0.3 is 19.9 Å². The molecule has 1 aromatic heterocycles. The van der Waals surface area contributed by atoms with E-state index in [1.807, 2.05) is 30.3 Å². The summed E-state index contributed by atoms with van der Waals surface area (Å²) in [6.45, 7) is 3.95. The van der Waals surface area contributed by atoms with Crippen LogP contribution in [-0.2, 0) is 0 Å². The van der Waals surface area contributed by atoms with Gasteiger partial charge in [0.1, 0.15) is 11.4 Å². The zero-order valence-electron chi connectivity index (χ0n) is 14.0. The summed E-state index contributed by atoms with van der Waals surface area (Å²) in [4.78, 5) is 21.2. The van der Waals surface area contributed by atoms with Crippen molar-refractivity contribution in [2.75, 3.05) is 50.6 Å². The Bertz CT molecular complexity index is 712. The third-order valence-corrected chi connectivity index (χ3v) is 4.17. The van der Waals surface area contributed by atoms with Crippen LogP contribution >= 0.6 is 0 Å². The number of amides is 1. The second kappa shape index (κ2) is 7.31. The second-order valence-corrected chi connectivity index (χ2v) is 5.88. The number of benzene rings is 1. The number of methoxy groups -OCH3 is 1. The molecule has 0 saturated carbocycles. The molecule has 0 atom stereocenters. The van der Waals surface area contributed by atoms with E-state index in [0.717, 1.165) is 31.9 Å². The lowest BCUT2D eigenvalue weighted by molar-refractivity contribution is 0.102. The summed E-state index contributed by atoms with van der Waals surface area (Å²) in [5.74, 6) is 0.478. The van der Waals surface area contributed by atoms with Crippen molar-refractivity contribution in [3.63, 3.8) is 0 Å². The van der Waals surface area contributed by atoms with Crippen LogP contribution in [0.3, 0.4) is 0 Å². The van der Waals surface area contributed by atoms with Crippen LogP contribution < -0.4 is 15.0 Å². The van der Waals surface area contributed by atoms with Crippen molar-refractivity contribution in [3.05, 3.63) is 48.3 Å². The first kappa shape index (κ1) is 16.3. The Kier molecular flexibility index (Phi) is 4.96. The number of carbonyl (C=O) groups excluding carboxylic acids is 1. The fourth-order valence-electron chi connectivity index (χ4n) is 2.70. The molecule has 6 nitrogen and oxygen atoms in total. The van der Waals surface area contributed by atoms with Crippen molar-refractivity contribution < 1.29 is 9.53 Å². The maximum atomic E-state index is 12.5. The second-order valence-electron chi connectivity index (χ2n) is 5.88. The van der Waals surface area contributed by atoms with Gasteiger partial charge in [-0.25, -0.2) is 0 Å². The quantitative estimate of drug-likeness (QED) is 0.932. The van der Waals surface area contributed by atoms with Gasteiger partial charge in [-0.3, -0.25) is 9.78 Å². The summed E-state index contributed by atoms with van der Waals surface area (Å²) in [6.07, 6.45) is 1.69. The third kappa shape index (κ3) is 3.83. The van der Waals surface area contributed by atoms with Gasteiger partial charge >= 0.3 is 0 Å². The molecule has 1 aliphatic rings. The molecule has 6 heteroatoms. The number of piperazine rings is 1. The fraction of sp³-hybridized carbons (Fsp3) is 0.333. The molecule has 126 valence electrons. The predicted octanol–water partition coefficient (Wildman–Crippen LogP) is 2.09. The van der Waals surface area contributed by atoms with Crippen molar-refractivity contribution in [3.8, 4) is 5.75 Å². The number of carbonyl (C=O) groups is 1. The van der Waals surface area contributed by atoms with E-state index in [-0.39, 0.29) is 5.91 Å². The van der Waals surface area contributed by atoms with Crippen LogP contribution in [0.4, 0.5) is 11.4 Å². The van der Waals surface area contributed by atoms with Crippen LogP contribution in [0, 0.1) is 0 Å². The van der Waals surface area contributed by atoms with Gasteiger partial charge in [0.05, 0.1) is 7.11 Å². The van der Waals surface area contributed by atoms with Crippen LogP contribution in [0.5, 0.6) is 5.75 Å². The molecular formula is C18H22N4O2. The van der Waals surface area contributed by atoms with E-state index in [4.69, 9.17) is 4.74 Å². The van der Waals surface area contributed by atoms with Gasteiger partial charge in [0, 0.05) is 49.8 Å². The van der Waals surface area contributed by atoms with Crippen molar-refractivity contribution in [2.24, 2.45) is 0 Å². The molecule has 1 aliphatic heterocycles. The summed E-state index contributed by atoms with van der Waals surface area (Å²) >= 11 is 0. The van der Waals surface area contributed by atoms with Gasteiger partial charge in [-0.1, -0.05) is 6.07 Å². The van der Waals surface area contributed by atoms with E-state index in [1.54, 1.807) is 19.4 Å². The number of hydrogen-bond donors (Lipinski definition) is 1. The Labute approximate surface area is 142 Å². The number of likely N-dealkylation sites (N-methyl/N-ethyl adjacent to an activating group) is 1. The zero-order valence-corrected chi connectivity index (χ0v) is 14.0. The Morgan fingerprint density at radius 1 is 1.17 bits per heavy atom. The number of nitrogens with one attached hydrogen (secondary N) is 1. The molecule has 3 rings (SSSR count). The number of hydrogen-bond acceptors (Lipinski definition) is 5. The zero-order chi connectivity index (χ0) is 16.9. The minimum Gasteiger partial charge on any atom is -0.497 e. The monoisotopic (exact) mass is 326 g/mol. The number of aromatic nitrogens is 1. The smallest absolute Gasteiger partial charge is 0.274 e. The molecule has 0 unspecified atom stereocenters. The summed E-state index contributed by atoms with van der Waals surface area (Å²) in [6, 6.07) is 11.1. The highest BCUT2D eigenvalue weighted by Crippen LogP contribution is 2.19. The third-order valence-electron chi connectivity index (χ3n) is 4.17. The molecule has 0 radical (unpaired) electrons. The Morgan fingerprint density at radius 2 is 1.96 bits per heavy atom. The molecule has 2 heterocycles. The average Bonchev–Trinajstić information content (AvgIpc) is 2.62. The van der Waals surface area contributed by atoms with E-state index in [2.05, 4.69) is 27.1 Å². The lowest BCUT2D eigenvalue weighted by atomic mass is 10.2. The normalized spacial score (nSPS) is 15.2. The van der Waals surface area contributed by atoms with Crippen molar-refractivity contribution in [1.82, 2.24) is 9.88 Å². The first-order valence-corrected chi connectivity index (χ1v) is 8.00. The summed E-state index contributed by atoms with van der Waals surface area (Å²) in [7, 11) is 3.72. The van der Waals surface area contributed by atoms with E-state index >= 15 is 0 Å². The van der Waals surface area contributed by atoms with Gasteiger partial charge in [0.2, 0.25) is 0 Å². The summed E-state index contributed by atoms with van der Waals surface area (Å²) < 4.78 is 5.17. The highest BCUT2D eigenvalue weighted by molar-refractivity contribution is 6.03. The van der Waals surface area contributed by atoms with Crippen molar-refractivity contribution >= 4 is 17.3 Å². The number of pyridine rings is 1. The maximum Gasteiger partial charge on any atom is 0.274 e. The SMILES string of the molecule is COc1cccc(NC(=O)c2cc(N3CCN(C)CC3)ccn2)c1. The molecule has 1 fully saturated rings. The average molecular weight is 326 g/mol. The Morgan fingerprint density at radius 3 is 2.71 bits per heavy atom. The lowest BCUT2D eigenvalue weighted by Gasteiger charge is -2.34. The first-order valence-electron chi connectivity index (χ1n) is 8.00. The van der Waals surface area contributed by atoms with Crippen LogP contribution in [0.2, 0.25) is 0 Å². The van der Waals surface area contributed by atoms with Gasteiger partial charge in [-0.05, 0) is 31.3 Å². The first-order chi connectivity index (χ1) is 11.7. The minimum atomic E-state index is -0.223. The van der Waals surface area contributed by atoms with E-state index in [0.29, 0.717) is 17.1 Å². The summed E-state index contributed by atoms with van der Waals surface area (Å²) in [5.41, 5.74) is 2.13. The predicted molar refractivity (Wildman–Crippen MR) is 94.9 cm³/mol. The molecular weight excluding hydrogens is 304 g/mol. The van der Waals surface area contributed by atoms with Crippen molar-refractivity contribution in [2.45, 2.75) is 0 Å². The van der Waals surface area contributed by atoms with Gasteiger partial charge in [0.25, 0.3) is 5.91 Å². The number of ether oxygens (including phenoxy) is 1. The van der Waals surface area contributed by atoms with E-state index in [9.17, 15) is 4.79 Å². The highest BCUT2D eigenvalue weighted by Gasteiger charge is 2.16. The number of anilines is 2. The number of nitrogens with zero attached hydrogens (tertiary/aromatic N) is 3. The van der Waals surface area contributed by atoms with E-state index < -0.39 is 0 Å². The molecule has 0 spiro atoms. The van der Waals surface area contributed by atoms with Crippen LogP contribution in [-0.4, -0.2) is 56.1 Å². The van der Waals surface area contributed by atoms with Gasteiger partial charge in [0.15, 0.2) is 0 Å². The molecule has 24 heavy (non-hydrogen) atoms. The molecule has 2 aromatic rings. The molecule has 0 aliphatic carbocycles. The van der Waals surface area contributed by atoms with Crippen molar-refractivity contribution in [1.29, 1.82) is 0 Å². The molecule has 1 saturated heterocycles. The molecule has 1 amide bonds. The van der Waals surface area contributed by atoms with Gasteiger partial charge in [-0.2, -0.15) is 0 Å². The molecule has 1 N–H and O–H groups in total. The Balaban J connectivity index is 1.72. The van der Waals surface area contributed by atoms with Crippen LogP contribution in [0.25, 0.3) is 0 Å². The molecule has 0 bridgehead atoms. The van der Waals surface area contributed by atoms with E-state index in [1.165, 1.54) is 0 Å². The topological polar surface area (TPSA) is 57.7 Å². The summed E-state index contributed by atoms with van der Waals surface area (Å²) in [5, 5.41) is 2.86. The molecule has 1 aromatic carbocycles. The highest BCUT2D eigenvalue weighted by atomic mass is 16.5. The fourth-order valence-corrected chi connectivity index (χ4v) is 2.70. The van der Waals surface area contributed by atoms with Crippen LogP contribution in [0.1, 0.15) is 10.5 Å². The lowest BCUT2D eigenvalue weighted by Crippen LogP contribution is -2.44. The largest absolute Gasteiger partial charge is 0.497 e.